The van der Waals surface area contributed by atoms with Crippen molar-refractivity contribution >= 4 is 5.91 Å². The molecule has 0 bridgehead atoms. The summed E-state index contributed by atoms with van der Waals surface area (Å²) in [6.07, 6.45) is 9.85. The molecule has 21 heavy (non-hydrogen) atoms. The maximum atomic E-state index is 11.8. The van der Waals surface area contributed by atoms with Gasteiger partial charge in [-0.1, -0.05) is 18.2 Å². The Kier molecular flexibility index (Phi) is 3.64. The van der Waals surface area contributed by atoms with Gasteiger partial charge in [0.1, 0.15) is 0 Å². The second-order valence-electron chi connectivity index (χ2n) is 4.96. The Labute approximate surface area is 122 Å². The molecule has 0 spiro atoms. The summed E-state index contributed by atoms with van der Waals surface area (Å²) in [6.45, 7) is 0.772. The summed E-state index contributed by atoms with van der Waals surface area (Å²) >= 11 is 0. The van der Waals surface area contributed by atoms with Crippen molar-refractivity contribution in [2.75, 3.05) is 6.54 Å². The van der Waals surface area contributed by atoms with Crippen LogP contribution in [-0.2, 0) is 0 Å². The van der Waals surface area contributed by atoms with Crippen molar-refractivity contribution in [3.8, 4) is 11.3 Å². The van der Waals surface area contributed by atoms with Gasteiger partial charge in [0.15, 0.2) is 0 Å². The average molecular weight is 280 g/mol. The number of carbonyl (C=O) groups is 1. The maximum absolute atomic E-state index is 11.8. The molecule has 2 aromatic rings. The van der Waals surface area contributed by atoms with Gasteiger partial charge in [0.05, 0.1) is 11.9 Å². The zero-order chi connectivity index (χ0) is 14.7. The van der Waals surface area contributed by atoms with E-state index in [0.29, 0.717) is 5.56 Å². The quantitative estimate of drug-likeness (QED) is 0.898. The van der Waals surface area contributed by atoms with Gasteiger partial charge in [0.25, 0.3) is 0 Å². The van der Waals surface area contributed by atoms with Crippen LogP contribution in [-0.4, -0.2) is 22.4 Å². The van der Waals surface area contributed by atoms with Crippen LogP contribution in [0.2, 0.25) is 0 Å². The number of primary amides is 1. The van der Waals surface area contributed by atoms with E-state index >= 15 is 0 Å². The number of hydrogen-bond donors (Lipinski definition) is 2. The lowest BCUT2D eigenvalue weighted by Crippen LogP contribution is -2.24. The summed E-state index contributed by atoms with van der Waals surface area (Å²) in [6, 6.07) is 5.57. The van der Waals surface area contributed by atoms with Crippen LogP contribution >= 0.6 is 0 Å². The Hall–Kier alpha value is -2.69. The van der Waals surface area contributed by atoms with Crippen LogP contribution in [0.3, 0.4) is 0 Å². The molecule has 0 saturated heterocycles. The summed E-state index contributed by atoms with van der Waals surface area (Å²) in [4.78, 5) is 20.3. The SMILES string of the molecule is NC(=O)c1cccc(-c2cnccn2)c1C1CC=CNC1. The number of nitrogens with two attached hydrogens (primary N) is 1. The number of allylic oxidation sites excluding steroid dienone is 1. The van der Waals surface area contributed by atoms with Crippen LogP contribution < -0.4 is 11.1 Å². The van der Waals surface area contributed by atoms with E-state index in [9.17, 15) is 4.79 Å². The Balaban J connectivity index is 2.17. The smallest absolute Gasteiger partial charge is 0.249 e. The number of nitrogens with one attached hydrogen (secondary N) is 1. The highest BCUT2D eigenvalue weighted by Gasteiger charge is 2.23. The van der Waals surface area contributed by atoms with Gasteiger partial charge < -0.3 is 11.1 Å². The second-order valence-corrected chi connectivity index (χ2v) is 4.96. The predicted octanol–water partition coefficient (Wildman–Crippen LogP) is 1.83. The standard InChI is InChI=1S/C16H16N4O/c17-16(21)13-5-1-4-12(14-10-19-7-8-20-14)15(13)11-3-2-6-18-9-11/h1-2,4-8,10-11,18H,3,9H2,(H2,17,21). The van der Waals surface area contributed by atoms with E-state index < -0.39 is 5.91 Å². The minimum atomic E-state index is -0.412. The molecule has 3 rings (SSSR count). The van der Waals surface area contributed by atoms with Gasteiger partial charge in [-0.3, -0.25) is 14.8 Å². The minimum Gasteiger partial charge on any atom is -0.391 e. The van der Waals surface area contributed by atoms with Crippen LogP contribution in [0.25, 0.3) is 11.3 Å². The number of hydrogen-bond acceptors (Lipinski definition) is 4. The number of rotatable bonds is 3. The Morgan fingerprint density at radius 2 is 2.24 bits per heavy atom. The molecule has 2 heterocycles. The molecule has 1 aliphatic rings. The molecule has 0 fully saturated rings. The summed E-state index contributed by atoms with van der Waals surface area (Å²) in [5.41, 5.74) is 8.73. The second kappa shape index (κ2) is 5.75. The first kappa shape index (κ1) is 13.3. The molecule has 1 aromatic heterocycles. The van der Waals surface area contributed by atoms with Crippen LogP contribution in [0, 0.1) is 0 Å². The predicted molar refractivity (Wildman–Crippen MR) is 80.5 cm³/mol. The maximum Gasteiger partial charge on any atom is 0.249 e. The number of nitrogens with zero attached hydrogens (tertiary/aromatic N) is 2. The first-order valence-electron chi connectivity index (χ1n) is 6.85. The lowest BCUT2D eigenvalue weighted by Gasteiger charge is -2.24. The fourth-order valence-corrected chi connectivity index (χ4v) is 2.71. The molecule has 1 unspecified atom stereocenters. The molecule has 5 nitrogen and oxygen atoms in total. The zero-order valence-electron chi connectivity index (χ0n) is 11.5. The molecule has 3 N–H and O–H groups in total. The molecular weight excluding hydrogens is 264 g/mol. The van der Waals surface area contributed by atoms with Crippen LogP contribution in [0.4, 0.5) is 0 Å². The third kappa shape index (κ3) is 2.63. The van der Waals surface area contributed by atoms with E-state index in [2.05, 4.69) is 21.4 Å². The third-order valence-corrected chi connectivity index (χ3v) is 3.64. The molecule has 1 amide bonds. The normalized spacial score (nSPS) is 17.2. The molecule has 0 aliphatic carbocycles. The first-order valence-corrected chi connectivity index (χ1v) is 6.85. The summed E-state index contributed by atoms with van der Waals surface area (Å²) in [7, 11) is 0. The molecule has 1 aliphatic heterocycles. The van der Waals surface area contributed by atoms with Gasteiger partial charge in [0.2, 0.25) is 5.91 Å². The monoisotopic (exact) mass is 280 g/mol. The lowest BCUT2D eigenvalue weighted by atomic mass is 9.85. The third-order valence-electron chi connectivity index (χ3n) is 3.64. The molecule has 5 heteroatoms. The summed E-state index contributed by atoms with van der Waals surface area (Å²) in [5, 5.41) is 3.21. The number of aromatic nitrogens is 2. The van der Waals surface area contributed by atoms with Gasteiger partial charge in [-0.25, -0.2) is 0 Å². The molecule has 106 valence electrons. The van der Waals surface area contributed by atoms with Gasteiger partial charge >= 0.3 is 0 Å². The van der Waals surface area contributed by atoms with E-state index in [0.717, 1.165) is 29.8 Å². The van der Waals surface area contributed by atoms with Crippen molar-refractivity contribution in [2.24, 2.45) is 5.73 Å². The number of benzene rings is 1. The van der Waals surface area contributed by atoms with E-state index in [1.54, 1.807) is 24.7 Å². The molecule has 1 atom stereocenters. The highest BCUT2D eigenvalue weighted by Crippen LogP contribution is 2.33. The number of amides is 1. The summed E-state index contributed by atoms with van der Waals surface area (Å²) in [5.74, 6) is -0.221. The van der Waals surface area contributed by atoms with Crippen LogP contribution in [0.1, 0.15) is 28.3 Å². The molecule has 0 radical (unpaired) electrons. The van der Waals surface area contributed by atoms with Gasteiger partial charge in [-0.2, -0.15) is 0 Å². The lowest BCUT2D eigenvalue weighted by molar-refractivity contribution is 0.0999. The zero-order valence-corrected chi connectivity index (χ0v) is 11.5. The molecular formula is C16H16N4O. The van der Waals surface area contributed by atoms with Gasteiger partial charge in [0, 0.05) is 36.0 Å². The van der Waals surface area contributed by atoms with E-state index in [4.69, 9.17) is 5.73 Å². The van der Waals surface area contributed by atoms with Crippen LogP contribution in [0.5, 0.6) is 0 Å². The highest BCUT2D eigenvalue weighted by molar-refractivity contribution is 5.96. The largest absolute Gasteiger partial charge is 0.391 e. The average Bonchev–Trinajstić information content (AvgIpc) is 2.55. The Morgan fingerprint density at radius 3 is 2.90 bits per heavy atom. The van der Waals surface area contributed by atoms with E-state index in [-0.39, 0.29) is 5.92 Å². The van der Waals surface area contributed by atoms with Crippen molar-refractivity contribution < 1.29 is 4.79 Å². The van der Waals surface area contributed by atoms with Crippen LogP contribution in [0.15, 0.2) is 49.1 Å². The molecule has 1 aromatic carbocycles. The van der Waals surface area contributed by atoms with E-state index in [1.165, 1.54) is 0 Å². The van der Waals surface area contributed by atoms with Crippen molar-refractivity contribution in [1.82, 2.24) is 15.3 Å². The topological polar surface area (TPSA) is 80.9 Å². The van der Waals surface area contributed by atoms with Crippen molar-refractivity contribution in [3.05, 3.63) is 60.2 Å². The Morgan fingerprint density at radius 1 is 1.33 bits per heavy atom. The first-order chi connectivity index (χ1) is 10.3. The highest BCUT2D eigenvalue weighted by atomic mass is 16.1. The van der Waals surface area contributed by atoms with E-state index in [1.807, 2.05) is 18.3 Å². The van der Waals surface area contributed by atoms with Crippen molar-refractivity contribution in [3.63, 3.8) is 0 Å². The van der Waals surface area contributed by atoms with Crippen molar-refractivity contribution in [1.29, 1.82) is 0 Å². The minimum absolute atomic E-state index is 0.190. The fraction of sp³-hybridized carbons (Fsp3) is 0.188. The van der Waals surface area contributed by atoms with Gasteiger partial charge in [-0.15, -0.1) is 0 Å². The fourth-order valence-electron chi connectivity index (χ4n) is 2.71. The number of carbonyl (C=O) groups excluding carboxylic acids is 1. The molecule has 0 saturated carbocycles. The van der Waals surface area contributed by atoms with Crippen molar-refractivity contribution in [2.45, 2.75) is 12.3 Å². The Bertz CT molecular complexity index is 682. The van der Waals surface area contributed by atoms with Gasteiger partial charge in [-0.05, 0) is 24.3 Å². The summed E-state index contributed by atoms with van der Waals surface area (Å²) < 4.78 is 0.